The number of fused-ring (bicyclic) bond motifs is 1. The maximum Gasteiger partial charge on any atom is 0.324 e. The zero-order chi connectivity index (χ0) is 14.1. The maximum atomic E-state index is 12.2. The molecule has 3 rings (SSSR count). The van der Waals surface area contributed by atoms with E-state index in [9.17, 15) is 4.79 Å². The minimum atomic E-state index is -0.148. The van der Waals surface area contributed by atoms with Gasteiger partial charge in [0, 0.05) is 20.1 Å². The van der Waals surface area contributed by atoms with Crippen LogP contribution >= 0.6 is 0 Å². The molecule has 6 nitrogen and oxygen atoms in total. The van der Waals surface area contributed by atoms with Crippen molar-refractivity contribution < 1.29 is 4.79 Å². The van der Waals surface area contributed by atoms with E-state index < -0.39 is 0 Å². The van der Waals surface area contributed by atoms with Crippen molar-refractivity contribution in [2.24, 2.45) is 7.05 Å². The number of aryl methyl sites for hydroxylation is 2. The smallest absolute Gasteiger partial charge is 0.320 e. The van der Waals surface area contributed by atoms with Crippen LogP contribution in [0.2, 0.25) is 0 Å². The zero-order valence-corrected chi connectivity index (χ0v) is 11.6. The summed E-state index contributed by atoms with van der Waals surface area (Å²) in [6.07, 6.45) is 0.887. The van der Waals surface area contributed by atoms with Gasteiger partial charge in [-0.05, 0) is 24.5 Å². The van der Waals surface area contributed by atoms with Crippen molar-refractivity contribution in [2.45, 2.75) is 19.9 Å². The van der Waals surface area contributed by atoms with Crippen molar-refractivity contribution in [3.05, 3.63) is 41.2 Å². The van der Waals surface area contributed by atoms with Crippen LogP contribution in [0.4, 0.5) is 10.7 Å². The molecule has 0 spiro atoms. The molecule has 0 aliphatic carbocycles. The average molecular weight is 271 g/mol. The van der Waals surface area contributed by atoms with Gasteiger partial charge in [0.05, 0.1) is 0 Å². The van der Waals surface area contributed by atoms with Gasteiger partial charge in [0.15, 0.2) is 0 Å². The molecule has 104 valence electrons. The van der Waals surface area contributed by atoms with Gasteiger partial charge >= 0.3 is 6.03 Å². The number of hydrogen-bond acceptors (Lipinski definition) is 3. The lowest BCUT2D eigenvalue weighted by Crippen LogP contribution is -2.39. The number of amides is 2. The average Bonchev–Trinajstić information content (AvgIpc) is 2.76. The number of nitrogens with zero attached hydrogens (tertiary/aromatic N) is 4. The second-order valence-corrected chi connectivity index (χ2v) is 4.98. The SMILES string of the molecule is Cc1nc(NC(=O)N2CCc3ccccc3C2)nn1C. The molecule has 0 fully saturated rings. The third-order valence-corrected chi connectivity index (χ3v) is 3.62. The highest BCUT2D eigenvalue weighted by Crippen LogP contribution is 2.18. The van der Waals surface area contributed by atoms with Crippen molar-refractivity contribution >= 4 is 12.0 Å². The third-order valence-electron chi connectivity index (χ3n) is 3.62. The van der Waals surface area contributed by atoms with Crippen molar-refractivity contribution in [1.82, 2.24) is 19.7 Å². The first-order valence-corrected chi connectivity index (χ1v) is 6.64. The van der Waals surface area contributed by atoms with Crippen LogP contribution in [0.1, 0.15) is 17.0 Å². The van der Waals surface area contributed by atoms with Crippen molar-refractivity contribution in [1.29, 1.82) is 0 Å². The maximum absolute atomic E-state index is 12.2. The lowest BCUT2D eigenvalue weighted by molar-refractivity contribution is 0.206. The minimum absolute atomic E-state index is 0.148. The summed E-state index contributed by atoms with van der Waals surface area (Å²) in [5.74, 6) is 1.12. The molecule has 1 aromatic heterocycles. The molecule has 1 aliphatic rings. The summed E-state index contributed by atoms with van der Waals surface area (Å²) in [5, 5.41) is 6.88. The molecule has 1 aliphatic heterocycles. The summed E-state index contributed by atoms with van der Waals surface area (Å²) < 4.78 is 1.64. The fourth-order valence-corrected chi connectivity index (χ4v) is 2.36. The van der Waals surface area contributed by atoms with Gasteiger partial charge in [-0.1, -0.05) is 24.3 Å². The fraction of sp³-hybridized carbons (Fsp3) is 0.357. The van der Waals surface area contributed by atoms with Crippen molar-refractivity contribution in [3.63, 3.8) is 0 Å². The molecule has 0 saturated carbocycles. The Hall–Kier alpha value is -2.37. The van der Waals surface area contributed by atoms with Gasteiger partial charge < -0.3 is 4.90 Å². The van der Waals surface area contributed by atoms with Crippen LogP contribution in [-0.2, 0) is 20.0 Å². The topological polar surface area (TPSA) is 63.1 Å². The number of nitrogens with one attached hydrogen (secondary N) is 1. The lowest BCUT2D eigenvalue weighted by Gasteiger charge is -2.28. The normalized spacial score (nSPS) is 14.0. The second-order valence-electron chi connectivity index (χ2n) is 4.98. The minimum Gasteiger partial charge on any atom is -0.320 e. The number of anilines is 1. The Bertz CT molecular complexity index is 629. The van der Waals surface area contributed by atoms with E-state index in [-0.39, 0.29) is 6.03 Å². The molecular weight excluding hydrogens is 254 g/mol. The number of urea groups is 1. The number of carbonyl (C=O) groups is 1. The van der Waals surface area contributed by atoms with E-state index in [1.54, 1.807) is 16.6 Å². The van der Waals surface area contributed by atoms with Gasteiger partial charge in [0.25, 0.3) is 0 Å². The van der Waals surface area contributed by atoms with Crippen LogP contribution in [-0.4, -0.2) is 32.2 Å². The Morgan fingerprint density at radius 1 is 1.30 bits per heavy atom. The summed E-state index contributed by atoms with van der Waals surface area (Å²) in [6.45, 7) is 3.20. The Balaban J connectivity index is 1.70. The molecule has 0 bridgehead atoms. The first kappa shape index (κ1) is 12.7. The third kappa shape index (κ3) is 2.36. The van der Waals surface area contributed by atoms with Crippen LogP contribution in [0.3, 0.4) is 0 Å². The van der Waals surface area contributed by atoms with Crippen LogP contribution in [0, 0.1) is 6.92 Å². The predicted molar refractivity (Wildman–Crippen MR) is 75.3 cm³/mol. The molecule has 1 aromatic carbocycles. The van der Waals surface area contributed by atoms with E-state index in [0.717, 1.165) is 12.2 Å². The molecule has 0 saturated heterocycles. The lowest BCUT2D eigenvalue weighted by atomic mass is 10.0. The molecule has 6 heteroatoms. The fourth-order valence-electron chi connectivity index (χ4n) is 2.36. The molecule has 2 amide bonds. The van der Waals surface area contributed by atoms with Crippen molar-refractivity contribution in [2.75, 3.05) is 11.9 Å². The van der Waals surface area contributed by atoms with Gasteiger partial charge in [0.2, 0.25) is 5.95 Å². The van der Waals surface area contributed by atoms with E-state index in [2.05, 4.69) is 27.5 Å². The highest BCUT2D eigenvalue weighted by atomic mass is 16.2. The number of rotatable bonds is 1. The van der Waals surface area contributed by atoms with Crippen LogP contribution in [0.25, 0.3) is 0 Å². The monoisotopic (exact) mass is 271 g/mol. The predicted octanol–water partition coefficient (Wildman–Crippen LogP) is 1.71. The Kier molecular flexibility index (Phi) is 3.14. The Labute approximate surface area is 117 Å². The highest BCUT2D eigenvalue weighted by molar-refractivity contribution is 5.87. The summed E-state index contributed by atoms with van der Waals surface area (Å²) in [7, 11) is 1.80. The van der Waals surface area contributed by atoms with Gasteiger partial charge in [0.1, 0.15) is 5.82 Å². The van der Waals surface area contributed by atoms with Crippen LogP contribution in [0.15, 0.2) is 24.3 Å². The number of benzene rings is 1. The molecule has 20 heavy (non-hydrogen) atoms. The number of carbonyl (C=O) groups excluding carboxylic acids is 1. The van der Waals surface area contributed by atoms with Crippen LogP contribution < -0.4 is 5.32 Å². The molecular formula is C14H17N5O. The van der Waals surface area contributed by atoms with E-state index in [1.807, 2.05) is 19.1 Å². The summed E-state index contributed by atoms with van der Waals surface area (Å²) in [5.41, 5.74) is 2.53. The second kappa shape index (κ2) is 4.96. The number of hydrogen-bond donors (Lipinski definition) is 1. The highest BCUT2D eigenvalue weighted by Gasteiger charge is 2.21. The standard InChI is InChI=1S/C14H17N5O/c1-10-15-13(17-18(10)2)16-14(20)19-8-7-11-5-3-4-6-12(11)9-19/h3-6H,7-9H2,1-2H3,(H,16,17,20). The zero-order valence-electron chi connectivity index (χ0n) is 11.6. The molecule has 0 atom stereocenters. The summed E-state index contributed by atoms with van der Waals surface area (Å²) in [4.78, 5) is 18.2. The van der Waals surface area contributed by atoms with E-state index >= 15 is 0 Å². The molecule has 0 unspecified atom stereocenters. The van der Waals surface area contributed by atoms with Crippen LogP contribution in [0.5, 0.6) is 0 Å². The molecule has 1 N–H and O–H groups in total. The van der Waals surface area contributed by atoms with Gasteiger partial charge in [-0.3, -0.25) is 10.00 Å². The molecule has 2 aromatic rings. The summed E-state index contributed by atoms with van der Waals surface area (Å²) >= 11 is 0. The summed E-state index contributed by atoms with van der Waals surface area (Å²) in [6, 6.07) is 8.08. The largest absolute Gasteiger partial charge is 0.324 e. The molecule has 2 heterocycles. The van der Waals surface area contributed by atoms with Gasteiger partial charge in [-0.25, -0.2) is 4.79 Å². The quantitative estimate of drug-likeness (QED) is 0.859. The first-order valence-electron chi connectivity index (χ1n) is 6.64. The number of aromatic nitrogens is 3. The van der Waals surface area contributed by atoms with E-state index in [4.69, 9.17) is 0 Å². The Morgan fingerprint density at radius 2 is 2.05 bits per heavy atom. The molecule has 0 radical (unpaired) electrons. The van der Waals surface area contributed by atoms with Gasteiger partial charge in [-0.15, -0.1) is 5.10 Å². The first-order chi connectivity index (χ1) is 9.63. The van der Waals surface area contributed by atoms with E-state index in [1.165, 1.54) is 11.1 Å². The van der Waals surface area contributed by atoms with Gasteiger partial charge in [-0.2, -0.15) is 4.98 Å². The van der Waals surface area contributed by atoms with E-state index in [0.29, 0.717) is 19.0 Å². The van der Waals surface area contributed by atoms with Crippen molar-refractivity contribution in [3.8, 4) is 0 Å². The Morgan fingerprint density at radius 3 is 2.75 bits per heavy atom.